The summed E-state index contributed by atoms with van der Waals surface area (Å²) >= 11 is 0. The summed E-state index contributed by atoms with van der Waals surface area (Å²) in [6.07, 6.45) is 2.12. The van der Waals surface area contributed by atoms with Crippen molar-refractivity contribution < 1.29 is 12.8 Å². The van der Waals surface area contributed by atoms with Crippen molar-refractivity contribution in [3.05, 3.63) is 46.5 Å². The zero-order valence-corrected chi connectivity index (χ0v) is 16.6. The van der Waals surface area contributed by atoms with Crippen LogP contribution in [0.15, 0.2) is 27.5 Å². The largest absolute Gasteiger partial charge is 0.419 e. The van der Waals surface area contributed by atoms with E-state index < -0.39 is 10.0 Å². The first-order chi connectivity index (χ1) is 12.7. The van der Waals surface area contributed by atoms with Crippen LogP contribution < -0.4 is 4.72 Å². The quantitative estimate of drug-likeness (QED) is 0.691. The first kappa shape index (κ1) is 17.8. The molecule has 7 nitrogen and oxygen atoms in total. The second-order valence-electron chi connectivity index (χ2n) is 7.28. The molecule has 1 saturated carbocycles. The van der Waals surface area contributed by atoms with Crippen molar-refractivity contribution in [2.45, 2.75) is 51.3 Å². The molecule has 0 bridgehead atoms. The molecule has 1 aromatic carbocycles. The summed E-state index contributed by atoms with van der Waals surface area (Å²) in [5.74, 6) is 1.29. The van der Waals surface area contributed by atoms with E-state index in [1.165, 1.54) is 0 Å². The van der Waals surface area contributed by atoms with Crippen LogP contribution in [0.5, 0.6) is 0 Å². The van der Waals surface area contributed by atoms with Crippen molar-refractivity contribution >= 4 is 15.7 Å². The fourth-order valence-electron chi connectivity index (χ4n) is 3.42. The minimum absolute atomic E-state index is 0.211. The van der Waals surface area contributed by atoms with Gasteiger partial charge in [0, 0.05) is 22.9 Å². The number of hydrogen-bond acceptors (Lipinski definition) is 5. The molecule has 142 valence electrons. The number of rotatable bonds is 5. The van der Waals surface area contributed by atoms with Gasteiger partial charge in [0.25, 0.3) is 15.9 Å². The van der Waals surface area contributed by atoms with Crippen LogP contribution in [0.1, 0.15) is 47.0 Å². The number of sulfonamides is 1. The second kappa shape index (κ2) is 6.23. The molecule has 27 heavy (non-hydrogen) atoms. The molecule has 3 aromatic rings. The fourth-order valence-corrected chi connectivity index (χ4v) is 4.91. The molecule has 0 radical (unpaired) electrons. The first-order valence-electron chi connectivity index (χ1n) is 8.88. The Kier molecular flexibility index (Phi) is 4.10. The van der Waals surface area contributed by atoms with Gasteiger partial charge < -0.3 is 9.40 Å². The maximum atomic E-state index is 13.0. The molecule has 0 atom stereocenters. The molecule has 1 aliphatic carbocycles. The number of aryl methyl sites for hydroxylation is 3. The molecule has 1 aliphatic rings. The van der Waals surface area contributed by atoms with Gasteiger partial charge in [-0.25, -0.2) is 8.42 Å². The minimum Gasteiger partial charge on any atom is -0.419 e. The van der Waals surface area contributed by atoms with E-state index in [1.807, 2.05) is 32.0 Å². The van der Waals surface area contributed by atoms with Crippen molar-refractivity contribution in [1.29, 1.82) is 0 Å². The molecular weight excluding hydrogens is 364 g/mol. The monoisotopic (exact) mass is 386 g/mol. The Labute approximate surface area is 158 Å². The van der Waals surface area contributed by atoms with Gasteiger partial charge in [0.1, 0.15) is 10.6 Å². The van der Waals surface area contributed by atoms with Crippen LogP contribution in [-0.2, 0) is 10.0 Å². The summed E-state index contributed by atoms with van der Waals surface area (Å²) in [6.45, 7) is 7.34. The third-order valence-corrected chi connectivity index (χ3v) is 6.35. The molecule has 0 unspecified atom stereocenters. The fraction of sp³-hybridized carbons (Fsp3) is 0.368. The lowest BCUT2D eigenvalue weighted by atomic mass is 10.1. The predicted molar refractivity (Wildman–Crippen MR) is 102 cm³/mol. The zero-order chi connectivity index (χ0) is 19.3. The lowest BCUT2D eigenvalue weighted by molar-refractivity contribution is 0.507. The maximum absolute atomic E-state index is 13.0. The summed E-state index contributed by atoms with van der Waals surface area (Å²) in [5.41, 5.74) is 4.18. The third-order valence-electron chi connectivity index (χ3n) is 4.69. The van der Waals surface area contributed by atoms with E-state index in [9.17, 15) is 8.42 Å². The van der Waals surface area contributed by atoms with E-state index in [0.717, 1.165) is 24.0 Å². The van der Waals surface area contributed by atoms with Crippen LogP contribution in [0.2, 0.25) is 0 Å². The average molecular weight is 386 g/mol. The summed E-state index contributed by atoms with van der Waals surface area (Å²) in [7, 11) is -3.76. The highest BCUT2D eigenvalue weighted by Gasteiger charge is 2.31. The Morgan fingerprint density at radius 1 is 1.07 bits per heavy atom. The number of aromatic nitrogens is 3. The summed E-state index contributed by atoms with van der Waals surface area (Å²) in [4.78, 5) is 3.31. The maximum Gasteiger partial charge on any atom is 0.264 e. The standard InChI is InChI=1S/C19H22N4O3S/c1-10-7-11(2)9-15(8-10)23-27(24,25)17-12(3)16(20-13(17)4)19-22-21-18(26-19)14-5-6-14/h7-9,14,20,23H,5-6H2,1-4H3. The van der Waals surface area contributed by atoms with Crippen molar-refractivity contribution in [3.8, 4) is 11.6 Å². The Balaban J connectivity index is 1.71. The summed E-state index contributed by atoms with van der Waals surface area (Å²) < 4.78 is 34.5. The molecule has 1 fully saturated rings. The van der Waals surface area contributed by atoms with Crippen molar-refractivity contribution in [2.75, 3.05) is 4.72 Å². The van der Waals surface area contributed by atoms with Crippen LogP contribution in [0.3, 0.4) is 0 Å². The van der Waals surface area contributed by atoms with E-state index in [2.05, 4.69) is 19.9 Å². The molecule has 0 aliphatic heterocycles. The van der Waals surface area contributed by atoms with Crippen LogP contribution in [0.25, 0.3) is 11.6 Å². The number of nitrogens with one attached hydrogen (secondary N) is 2. The Morgan fingerprint density at radius 3 is 2.37 bits per heavy atom. The number of hydrogen-bond donors (Lipinski definition) is 2. The van der Waals surface area contributed by atoms with E-state index in [0.29, 0.717) is 40.3 Å². The van der Waals surface area contributed by atoms with E-state index in [1.54, 1.807) is 13.8 Å². The highest BCUT2D eigenvalue weighted by molar-refractivity contribution is 7.92. The van der Waals surface area contributed by atoms with Gasteiger partial charge in [0.2, 0.25) is 5.89 Å². The van der Waals surface area contributed by atoms with Crippen LogP contribution in [0.4, 0.5) is 5.69 Å². The highest BCUT2D eigenvalue weighted by Crippen LogP contribution is 2.40. The Hall–Kier alpha value is -2.61. The minimum atomic E-state index is -3.76. The van der Waals surface area contributed by atoms with Gasteiger partial charge in [-0.1, -0.05) is 6.07 Å². The van der Waals surface area contributed by atoms with Crippen molar-refractivity contribution in [1.82, 2.24) is 15.2 Å². The lowest BCUT2D eigenvalue weighted by Crippen LogP contribution is -2.14. The van der Waals surface area contributed by atoms with Gasteiger partial charge in [-0.05, 0) is 63.8 Å². The molecule has 2 aromatic heterocycles. The van der Waals surface area contributed by atoms with Crippen molar-refractivity contribution in [2.24, 2.45) is 0 Å². The van der Waals surface area contributed by atoms with E-state index in [4.69, 9.17) is 4.42 Å². The van der Waals surface area contributed by atoms with Crippen LogP contribution in [-0.4, -0.2) is 23.6 Å². The number of H-pyrrole nitrogens is 1. The predicted octanol–water partition coefficient (Wildman–Crippen LogP) is 3.98. The highest BCUT2D eigenvalue weighted by atomic mass is 32.2. The smallest absolute Gasteiger partial charge is 0.264 e. The van der Waals surface area contributed by atoms with Gasteiger partial charge in [0.15, 0.2) is 0 Å². The molecule has 2 N–H and O–H groups in total. The number of benzene rings is 1. The van der Waals surface area contributed by atoms with Crippen LogP contribution in [0, 0.1) is 27.7 Å². The number of aromatic amines is 1. The molecule has 0 spiro atoms. The Bertz CT molecular complexity index is 1100. The molecular formula is C19H22N4O3S. The first-order valence-corrected chi connectivity index (χ1v) is 10.4. The van der Waals surface area contributed by atoms with Gasteiger partial charge in [-0.15, -0.1) is 10.2 Å². The number of anilines is 1. The van der Waals surface area contributed by atoms with Crippen LogP contribution >= 0.6 is 0 Å². The van der Waals surface area contributed by atoms with E-state index >= 15 is 0 Å². The van der Waals surface area contributed by atoms with Gasteiger partial charge in [-0.2, -0.15) is 0 Å². The molecule has 0 saturated heterocycles. The average Bonchev–Trinajstić information content (AvgIpc) is 3.19. The third kappa shape index (κ3) is 3.37. The van der Waals surface area contributed by atoms with Gasteiger partial charge in [-0.3, -0.25) is 4.72 Å². The molecule has 2 heterocycles. The summed E-state index contributed by atoms with van der Waals surface area (Å²) in [6, 6.07) is 5.61. The normalized spacial score (nSPS) is 14.5. The SMILES string of the molecule is Cc1cc(C)cc(NS(=O)(=O)c2c(C)[nH]c(-c3nnc(C4CC4)o3)c2C)c1. The molecule has 8 heteroatoms. The topological polar surface area (TPSA) is 101 Å². The van der Waals surface area contributed by atoms with Gasteiger partial charge in [0.05, 0.1) is 0 Å². The van der Waals surface area contributed by atoms with Crippen molar-refractivity contribution in [3.63, 3.8) is 0 Å². The van der Waals surface area contributed by atoms with E-state index in [-0.39, 0.29) is 4.90 Å². The second-order valence-corrected chi connectivity index (χ2v) is 8.90. The lowest BCUT2D eigenvalue weighted by Gasteiger charge is -2.10. The molecule has 0 amide bonds. The zero-order valence-electron chi connectivity index (χ0n) is 15.8. The van der Waals surface area contributed by atoms with Gasteiger partial charge >= 0.3 is 0 Å². The molecule has 4 rings (SSSR count). The Morgan fingerprint density at radius 2 is 1.74 bits per heavy atom. The summed E-state index contributed by atoms with van der Waals surface area (Å²) in [5, 5.41) is 8.17. The number of nitrogens with zero attached hydrogens (tertiary/aromatic N) is 2.